The molecule has 0 fully saturated rings. The lowest BCUT2D eigenvalue weighted by molar-refractivity contribution is -0.123. The second kappa shape index (κ2) is 9.32. The van der Waals surface area contributed by atoms with Gasteiger partial charge in [0.25, 0.3) is 5.91 Å². The van der Waals surface area contributed by atoms with Gasteiger partial charge in [-0.15, -0.1) is 11.3 Å². The zero-order valence-electron chi connectivity index (χ0n) is 15.0. The lowest BCUT2D eigenvalue weighted by atomic mass is 9.97. The van der Waals surface area contributed by atoms with Gasteiger partial charge in [0.15, 0.2) is 6.61 Å². The van der Waals surface area contributed by atoms with Crippen LogP contribution < -0.4 is 10.6 Å². The van der Waals surface area contributed by atoms with Gasteiger partial charge in [-0.1, -0.05) is 29.8 Å². The van der Waals surface area contributed by atoms with Crippen LogP contribution in [0.1, 0.15) is 41.8 Å². The summed E-state index contributed by atoms with van der Waals surface area (Å²) in [5, 5.41) is 5.77. The molecule has 1 aromatic carbocycles. The SMILES string of the molecule is O=C(COC(=O)c1cc2ccccc2s1)NC(=O)NCCC1=CCCCC1. The van der Waals surface area contributed by atoms with Crippen LogP contribution in [0.3, 0.4) is 0 Å². The van der Waals surface area contributed by atoms with Gasteiger partial charge in [-0.25, -0.2) is 9.59 Å². The van der Waals surface area contributed by atoms with Crippen molar-refractivity contribution < 1.29 is 19.1 Å². The molecule has 0 aliphatic heterocycles. The van der Waals surface area contributed by atoms with Crippen LogP contribution in [-0.4, -0.2) is 31.1 Å². The number of hydrogen-bond donors (Lipinski definition) is 2. The lowest BCUT2D eigenvalue weighted by Gasteiger charge is -2.13. The van der Waals surface area contributed by atoms with Crippen molar-refractivity contribution in [1.29, 1.82) is 0 Å². The largest absolute Gasteiger partial charge is 0.451 e. The Morgan fingerprint density at radius 2 is 2.00 bits per heavy atom. The number of carbonyl (C=O) groups excluding carboxylic acids is 3. The fourth-order valence-electron chi connectivity index (χ4n) is 2.96. The molecule has 0 atom stereocenters. The van der Waals surface area contributed by atoms with Crippen molar-refractivity contribution in [3.8, 4) is 0 Å². The van der Waals surface area contributed by atoms with E-state index in [2.05, 4.69) is 16.7 Å². The molecular formula is C20H22N2O4S. The second-order valence-corrected chi connectivity index (χ2v) is 7.47. The van der Waals surface area contributed by atoms with Crippen LogP contribution in [0.4, 0.5) is 4.79 Å². The van der Waals surface area contributed by atoms with Crippen molar-refractivity contribution in [1.82, 2.24) is 10.6 Å². The van der Waals surface area contributed by atoms with E-state index in [4.69, 9.17) is 4.74 Å². The summed E-state index contributed by atoms with van der Waals surface area (Å²) in [5.41, 5.74) is 1.35. The lowest BCUT2D eigenvalue weighted by Crippen LogP contribution is -2.41. The molecule has 7 heteroatoms. The van der Waals surface area contributed by atoms with Crippen LogP contribution in [0.25, 0.3) is 10.1 Å². The number of esters is 1. The number of benzene rings is 1. The van der Waals surface area contributed by atoms with Gasteiger partial charge in [0.2, 0.25) is 0 Å². The number of rotatable bonds is 6. The summed E-state index contributed by atoms with van der Waals surface area (Å²) in [6.07, 6.45) is 7.62. The highest BCUT2D eigenvalue weighted by molar-refractivity contribution is 7.20. The zero-order valence-corrected chi connectivity index (χ0v) is 15.8. The van der Waals surface area contributed by atoms with Crippen LogP contribution in [-0.2, 0) is 9.53 Å². The highest BCUT2D eigenvalue weighted by atomic mass is 32.1. The Morgan fingerprint density at radius 3 is 2.78 bits per heavy atom. The number of nitrogens with one attached hydrogen (secondary N) is 2. The van der Waals surface area contributed by atoms with E-state index in [1.807, 2.05) is 24.3 Å². The van der Waals surface area contributed by atoms with E-state index in [0.717, 1.165) is 29.3 Å². The van der Waals surface area contributed by atoms with Gasteiger partial charge in [-0.3, -0.25) is 10.1 Å². The Bertz CT molecular complexity index is 839. The maximum atomic E-state index is 12.1. The molecule has 0 spiro atoms. The second-order valence-electron chi connectivity index (χ2n) is 6.39. The van der Waals surface area contributed by atoms with Gasteiger partial charge < -0.3 is 10.1 Å². The number of fused-ring (bicyclic) bond motifs is 1. The van der Waals surface area contributed by atoms with Crippen LogP contribution in [0.5, 0.6) is 0 Å². The van der Waals surface area contributed by atoms with Gasteiger partial charge >= 0.3 is 12.0 Å². The summed E-state index contributed by atoms with van der Waals surface area (Å²) < 4.78 is 5.96. The molecule has 1 aromatic heterocycles. The van der Waals surface area contributed by atoms with Gasteiger partial charge in [-0.05, 0) is 49.6 Å². The Morgan fingerprint density at radius 1 is 1.15 bits per heavy atom. The fourth-order valence-corrected chi connectivity index (χ4v) is 3.92. The molecule has 27 heavy (non-hydrogen) atoms. The Kier molecular flexibility index (Phi) is 6.59. The monoisotopic (exact) mass is 386 g/mol. The van der Waals surface area contributed by atoms with Crippen molar-refractivity contribution in [2.24, 2.45) is 0 Å². The van der Waals surface area contributed by atoms with Gasteiger partial charge in [0.1, 0.15) is 4.88 Å². The predicted molar refractivity (Wildman–Crippen MR) is 105 cm³/mol. The minimum atomic E-state index is -0.654. The third-order valence-electron chi connectivity index (χ3n) is 4.33. The van der Waals surface area contributed by atoms with Crippen molar-refractivity contribution >= 4 is 39.3 Å². The van der Waals surface area contributed by atoms with Gasteiger partial charge in [0, 0.05) is 11.2 Å². The number of imide groups is 1. The minimum absolute atomic E-state index is 0.425. The summed E-state index contributed by atoms with van der Waals surface area (Å²) >= 11 is 1.30. The van der Waals surface area contributed by atoms with E-state index in [1.54, 1.807) is 6.07 Å². The first-order chi connectivity index (χ1) is 13.1. The molecule has 3 rings (SSSR count). The molecule has 3 amide bonds. The Labute approximate surface area is 161 Å². The van der Waals surface area contributed by atoms with Crippen molar-refractivity contribution in [2.45, 2.75) is 32.1 Å². The standard InChI is InChI=1S/C20H22N2O4S/c23-18(22-20(25)21-11-10-14-6-2-1-3-7-14)13-26-19(24)17-12-15-8-4-5-9-16(15)27-17/h4-6,8-9,12H,1-3,7,10-11,13H2,(H2,21,22,23,25). The number of thiophene rings is 1. The molecule has 0 bridgehead atoms. The number of allylic oxidation sites excluding steroid dienone is 1. The van der Waals surface area contributed by atoms with Crippen molar-refractivity contribution in [2.75, 3.05) is 13.2 Å². The number of ether oxygens (including phenoxy) is 1. The zero-order chi connectivity index (χ0) is 19.1. The average Bonchev–Trinajstić information content (AvgIpc) is 3.11. The number of amides is 3. The third kappa shape index (κ3) is 5.65. The molecule has 0 saturated carbocycles. The van der Waals surface area contributed by atoms with Crippen LogP contribution in [0.15, 0.2) is 42.0 Å². The molecular weight excluding hydrogens is 364 g/mol. The first-order valence-corrected chi connectivity index (χ1v) is 9.85. The summed E-state index contributed by atoms with van der Waals surface area (Å²) in [4.78, 5) is 36.0. The molecule has 0 unspecified atom stereocenters. The van der Waals surface area contributed by atoms with E-state index in [9.17, 15) is 14.4 Å². The molecule has 1 aliphatic carbocycles. The van der Waals surface area contributed by atoms with Gasteiger partial charge in [-0.2, -0.15) is 0 Å². The minimum Gasteiger partial charge on any atom is -0.451 e. The number of hydrogen-bond acceptors (Lipinski definition) is 5. The van der Waals surface area contributed by atoms with E-state index in [-0.39, 0.29) is 0 Å². The summed E-state index contributed by atoms with van der Waals surface area (Å²) in [5.74, 6) is -1.23. The Balaban J connectivity index is 1.37. The maximum Gasteiger partial charge on any atom is 0.348 e. The molecule has 1 heterocycles. The average molecular weight is 386 g/mol. The first kappa shape index (κ1) is 19.1. The van der Waals surface area contributed by atoms with E-state index < -0.39 is 24.5 Å². The molecule has 0 radical (unpaired) electrons. The molecule has 2 N–H and O–H groups in total. The number of carbonyl (C=O) groups is 3. The van der Waals surface area contributed by atoms with Crippen LogP contribution in [0, 0.1) is 0 Å². The highest BCUT2D eigenvalue weighted by Crippen LogP contribution is 2.25. The molecule has 0 saturated heterocycles. The Hall–Kier alpha value is -2.67. The fraction of sp³-hybridized carbons (Fsp3) is 0.350. The molecule has 142 valence electrons. The summed E-state index contributed by atoms with van der Waals surface area (Å²) in [7, 11) is 0. The summed E-state index contributed by atoms with van der Waals surface area (Å²) in [6, 6.07) is 8.76. The third-order valence-corrected chi connectivity index (χ3v) is 5.43. The van der Waals surface area contributed by atoms with Crippen LogP contribution >= 0.6 is 11.3 Å². The molecule has 6 nitrogen and oxygen atoms in total. The molecule has 1 aliphatic rings. The topological polar surface area (TPSA) is 84.5 Å². The summed E-state index contributed by atoms with van der Waals surface area (Å²) in [6.45, 7) is -0.0157. The predicted octanol–water partition coefficient (Wildman–Crippen LogP) is 3.77. The quantitative estimate of drug-likeness (QED) is 0.585. The normalized spacial score (nSPS) is 13.7. The number of urea groups is 1. The van der Waals surface area contributed by atoms with Crippen LogP contribution in [0.2, 0.25) is 0 Å². The van der Waals surface area contributed by atoms with E-state index in [1.165, 1.54) is 29.8 Å². The van der Waals surface area contributed by atoms with E-state index >= 15 is 0 Å². The van der Waals surface area contributed by atoms with Gasteiger partial charge in [0.05, 0.1) is 0 Å². The highest BCUT2D eigenvalue weighted by Gasteiger charge is 2.15. The van der Waals surface area contributed by atoms with Crippen molar-refractivity contribution in [3.63, 3.8) is 0 Å². The smallest absolute Gasteiger partial charge is 0.348 e. The van der Waals surface area contributed by atoms with E-state index in [0.29, 0.717) is 11.4 Å². The molecule has 2 aromatic rings. The first-order valence-electron chi connectivity index (χ1n) is 9.03. The van der Waals surface area contributed by atoms with Crippen molar-refractivity contribution in [3.05, 3.63) is 46.9 Å². The maximum absolute atomic E-state index is 12.1.